The van der Waals surface area contributed by atoms with Crippen LogP contribution in [0.4, 0.5) is 0 Å². The molecule has 1 unspecified atom stereocenters. The van der Waals surface area contributed by atoms with E-state index in [-0.39, 0.29) is 11.9 Å². The van der Waals surface area contributed by atoms with Crippen molar-refractivity contribution < 1.29 is 4.79 Å². The van der Waals surface area contributed by atoms with Crippen molar-refractivity contribution in [1.29, 1.82) is 0 Å². The summed E-state index contributed by atoms with van der Waals surface area (Å²) in [5.74, 6) is 1.29. The molecule has 2 aromatic heterocycles. The van der Waals surface area contributed by atoms with E-state index in [4.69, 9.17) is 0 Å². The van der Waals surface area contributed by atoms with Gasteiger partial charge in [-0.3, -0.25) is 4.79 Å². The first-order chi connectivity index (χ1) is 8.79. The molecule has 1 atom stereocenters. The number of rotatable bonds is 6. The van der Waals surface area contributed by atoms with Crippen LogP contribution in [0.25, 0.3) is 0 Å². The summed E-state index contributed by atoms with van der Waals surface area (Å²) in [6, 6.07) is 3.98. The van der Waals surface area contributed by atoms with Crippen LogP contribution in [0.1, 0.15) is 25.2 Å². The number of hydrogen-bond donors (Lipinski definition) is 2. The maximum absolute atomic E-state index is 11.8. The fourth-order valence-electron chi connectivity index (χ4n) is 1.55. The van der Waals surface area contributed by atoms with E-state index in [1.807, 2.05) is 24.4 Å². The van der Waals surface area contributed by atoms with Crippen LogP contribution in [0.2, 0.25) is 0 Å². The van der Waals surface area contributed by atoms with Gasteiger partial charge in [-0.1, -0.05) is 13.0 Å². The largest absolute Gasteiger partial charge is 0.347 e. The van der Waals surface area contributed by atoms with Crippen LogP contribution < -0.4 is 5.32 Å². The Morgan fingerprint density at radius 3 is 3.17 bits per heavy atom. The molecule has 0 aliphatic carbocycles. The van der Waals surface area contributed by atoms with Gasteiger partial charge < -0.3 is 10.3 Å². The minimum atomic E-state index is -0.0311. The number of thioether (sulfide) groups is 1. The molecule has 96 valence electrons. The monoisotopic (exact) mass is 281 g/mol. The zero-order chi connectivity index (χ0) is 12.8. The van der Waals surface area contributed by atoms with Crippen molar-refractivity contribution in [1.82, 2.24) is 15.3 Å². The van der Waals surface area contributed by atoms with E-state index in [1.165, 1.54) is 0 Å². The lowest BCUT2D eigenvalue weighted by Gasteiger charge is -2.14. The van der Waals surface area contributed by atoms with Crippen LogP contribution in [0.3, 0.4) is 0 Å². The highest BCUT2D eigenvalue weighted by Crippen LogP contribution is 2.23. The molecule has 18 heavy (non-hydrogen) atoms. The Kier molecular flexibility index (Phi) is 4.83. The molecule has 0 aliphatic heterocycles. The lowest BCUT2D eigenvalue weighted by atomic mass is 10.2. The van der Waals surface area contributed by atoms with Gasteiger partial charge in [-0.15, -0.1) is 23.1 Å². The van der Waals surface area contributed by atoms with Gasteiger partial charge in [-0.2, -0.15) is 0 Å². The van der Waals surface area contributed by atoms with Crippen LogP contribution >= 0.6 is 23.1 Å². The van der Waals surface area contributed by atoms with Crippen LogP contribution in [0.15, 0.2) is 34.1 Å². The molecule has 0 radical (unpaired) electrons. The van der Waals surface area contributed by atoms with E-state index < -0.39 is 0 Å². The topological polar surface area (TPSA) is 57.8 Å². The number of amides is 1. The number of aromatic amines is 1. The normalized spacial score (nSPS) is 12.3. The standard InChI is InChI=1S/C12H15N3OS2/c1-2-9(12-13-5-6-14-12)15-10(16)8-18-11-4-3-7-17-11/h3-7,9H,2,8H2,1H3,(H,13,14)(H,15,16). The van der Waals surface area contributed by atoms with Crippen molar-refractivity contribution in [3.05, 3.63) is 35.7 Å². The Labute approximate surface area is 114 Å². The molecule has 0 bridgehead atoms. The van der Waals surface area contributed by atoms with Gasteiger partial charge in [0.05, 0.1) is 16.0 Å². The first kappa shape index (κ1) is 13.2. The van der Waals surface area contributed by atoms with Crippen molar-refractivity contribution in [2.75, 3.05) is 5.75 Å². The fourth-order valence-corrected chi connectivity index (χ4v) is 3.15. The maximum Gasteiger partial charge on any atom is 0.230 e. The number of imidazole rings is 1. The number of nitrogens with one attached hydrogen (secondary N) is 2. The van der Waals surface area contributed by atoms with E-state index >= 15 is 0 Å². The number of aromatic nitrogens is 2. The highest BCUT2D eigenvalue weighted by molar-refractivity contribution is 8.01. The maximum atomic E-state index is 11.8. The average Bonchev–Trinajstić information content (AvgIpc) is 3.05. The molecule has 4 nitrogen and oxygen atoms in total. The lowest BCUT2D eigenvalue weighted by Crippen LogP contribution is -2.30. The van der Waals surface area contributed by atoms with Crippen molar-refractivity contribution in [2.45, 2.75) is 23.6 Å². The number of H-pyrrole nitrogens is 1. The first-order valence-corrected chi connectivity index (χ1v) is 7.61. The highest BCUT2D eigenvalue weighted by atomic mass is 32.2. The summed E-state index contributed by atoms with van der Waals surface area (Å²) in [5.41, 5.74) is 0. The summed E-state index contributed by atoms with van der Waals surface area (Å²) in [4.78, 5) is 19.0. The Hall–Kier alpha value is -1.27. The Morgan fingerprint density at radius 2 is 2.56 bits per heavy atom. The Balaban J connectivity index is 1.82. The van der Waals surface area contributed by atoms with Crippen LogP contribution in [-0.4, -0.2) is 21.6 Å². The summed E-state index contributed by atoms with van der Waals surface area (Å²) in [7, 11) is 0. The molecule has 6 heteroatoms. The second kappa shape index (κ2) is 6.61. The van der Waals surface area contributed by atoms with Gasteiger partial charge in [0.15, 0.2) is 0 Å². The van der Waals surface area contributed by atoms with Gasteiger partial charge >= 0.3 is 0 Å². The Morgan fingerprint density at radius 1 is 1.67 bits per heavy atom. The number of thiophene rings is 1. The Bertz CT molecular complexity index is 467. The zero-order valence-electron chi connectivity index (χ0n) is 10.1. The molecule has 0 aliphatic rings. The quantitative estimate of drug-likeness (QED) is 0.801. The van der Waals surface area contributed by atoms with Gasteiger partial charge in [-0.05, 0) is 17.9 Å². The highest BCUT2D eigenvalue weighted by Gasteiger charge is 2.14. The van der Waals surface area contributed by atoms with E-state index in [0.29, 0.717) is 5.75 Å². The minimum absolute atomic E-state index is 0.0311. The molecule has 2 N–H and O–H groups in total. The molecule has 0 saturated carbocycles. The summed E-state index contributed by atoms with van der Waals surface area (Å²) in [6.45, 7) is 2.03. The van der Waals surface area contributed by atoms with Gasteiger partial charge in [0.25, 0.3) is 0 Å². The third-order valence-electron chi connectivity index (χ3n) is 2.43. The molecular weight excluding hydrogens is 266 g/mol. The summed E-state index contributed by atoms with van der Waals surface area (Å²) >= 11 is 3.21. The van der Waals surface area contributed by atoms with Crippen LogP contribution in [0.5, 0.6) is 0 Å². The minimum Gasteiger partial charge on any atom is -0.347 e. The zero-order valence-corrected chi connectivity index (χ0v) is 11.7. The second-order valence-corrected chi connectivity index (χ2v) is 5.95. The predicted octanol–water partition coefficient (Wildman–Crippen LogP) is 2.83. The number of carbonyl (C=O) groups is 1. The molecule has 2 heterocycles. The van der Waals surface area contributed by atoms with Gasteiger partial charge in [0.1, 0.15) is 5.82 Å². The molecule has 0 saturated heterocycles. The molecule has 2 aromatic rings. The lowest BCUT2D eigenvalue weighted by molar-refractivity contribution is -0.119. The average molecular weight is 281 g/mol. The van der Waals surface area contributed by atoms with Gasteiger partial charge in [0, 0.05) is 12.4 Å². The van der Waals surface area contributed by atoms with Crippen molar-refractivity contribution in [2.24, 2.45) is 0 Å². The molecular formula is C12H15N3OS2. The van der Waals surface area contributed by atoms with Crippen LogP contribution in [-0.2, 0) is 4.79 Å². The SMILES string of the molecule is CCC(NC(=O)CSc1cccs1)c1ncc[nH]1. The van der Waals surface area contributed by atoms with E-state index in [2.05, 4.69) is 15.3 Å². The summed E-state index contributed by atoms with van der Waals surface area (Å²) in [5, 5.41) is 4.99. The van der Waals surface area contributed by atoms with E-state index in [1.54, 1.807) is 35.5 Å². The number of carbonyl (C=O) groups excluding carboxylic acids is 1. The van der Waals surface area contributed by atoms with Crippen LogP contribution in [0, 0.1) is 0 Å². The summed E-state index contributed by atoms with van der Waals surface area (Å²) in [6.07, 6.45) is 4.29. The van der Waals surface area contributed by atoms with Crippen molar-refractivity contribution >= 4 is 29.0 Å². The first-order valence-electron chi connectivity index (χ1n) is 5.74. The smallest absolute Gasteiger partial charge is 0.230 e. The van der Waals surface area contributed by atoms with Crippen molar-refractivity contribution in [3.8, 4) is 0 Å². The number of nitrogens with zero attached hydrogens (tertiary/aromatic N) is 1. The third-order valence-corrected chi connectivity index (χ3v) is 4.56. The molecule has 0 aromatic carbocycles. The van der Waals surface area contributed by atoms with Crippen molar-refractivity contribution in [3.63, 3.8) is 0 Å². The van der Waals surface area contributed by atoms with Gasteiger partial charge in [0.2, 0.25) is 5.91 Å². The molecule has 2 rings (SSSR count). The third kappa shape index (κ3) is 3.61. The van der Waals surface area contributed by atoms with E-state index in [9.17, 15) is 4.79 Å². The number of hydrogen-bond acceptors (Lipinski definition) is 4. The predicted molar refractivity (Wildman–Crippen MR) is 74.8 cm³/mol. The molecule has 0 spiro atoms. The van der Waals surface area contributed by atoms with Gasteiger partial charge in [-0.25, -0.2) is 4.98 Å². The molecule has 0 fully saturated rings. The second-order valence-electron chi connectivity index (χ2n) is 3.72. The van der Waals surface area contributed by atoms with E-state index in [0.717, 1.165) is 16.5 Å². The molecule has 1 amide bonds. The fraction of sp³-hybridized carbons (Fsp3) is 0.333. The summed E-state index contributed by atoms with van der Waals surface area (Å²) < 4.78 is 1.16.